The quantitative estimate of drug-likeness (QED) is 0.139. The fourth-order valence-corrected chi connectivity index (χ4v) is 4.45. The summed E-state index contributed by atoms with van der Waals surface area (Å²) in [6, 6.07) is 41.8. The van der Waals surface area contributed by atoms with Crippen LogP contribution in [0, 0.1) is 12.5 Å². The van der Waals surface area contributed by atoms with Crippen molar-refractivity contribution < 1.29 is 26.8 Å². The monoisotopic (exact) mass is 652 g/mol. The number of hydrogen-bond donors (Lipinski definition) is 0. The molecule has 1 aliphatic heterocycles. The average Bonchev–Trinajstić information content (AvgIpc) is 3.49. The first-order valence-corrected chi connectivity index (χ1v) is 11.5. The molecule has 5 heteroatoms. The summed E-state index contributed by atoms with van der Waals surface area (Å²) in [5.41, 5.74) is 6.52. The van der Waals surface area contributed by atoms with Gasteiger partial charge in [0.25, 0.3) is 0 Å². The van der Waals surface area contributed by atoms with E-state index in [1.807, 2.05) is 36.4 Å². The Labute approximate surface area is 225 Å². The van der Waals surface area contributed by atoms with Crippen LogP contribution in [0.25, 0.3) is 21.8 Å². The standard InChI is InChI=1S/C19H15N2.C12H7FN.Au/c1-3-9-16(10-4-1)20-15-21(17-11-5-2-6-12-17)19-14-8-7-13-18(19)20;13-8-5-6-12-10(7-8)9-3-1-2-4-11(9)14-12;/h1-15H;1-7H;/q2*-1;. The molecule has 3 nitrogen and oxygen atoms in total. The van der Waals surface area contributed by atoms with Gasteiger partial charge in [0.2, 0.25) is 0 Å². The van der Waals surface area contributed by atoms with Crippen molar-refractivity contribution in [2.24, 2.45) is 0 Å². The maximum absolute atomic E-state index is 13.0. The molecule has 7 rings (SSSR count). The predicted molar refractivity (Wildman–Crippen MR) is 143 cm³/mol. The summed E-state index contributed by atoms with van der Waals surface area (Å²) in [5, 5.41) is 1.91. The van der Waals surface area contributed by atoms with Gasteiger partial charge in [-0.25, -0.2) is 4.39 Å². The smallest absolute Gasteiger partial charge is 0.123 e. The topological polar surface area (TPSA) is 20.6 Å². The van der Waals surface area contributed by atoms with Crippen molar-refractivity contribution >= 4 is 44.6 Å². The van der Waals surface area contributed by atoms with Crippen LogP contribution in [0.4, 0.5) is 27.1 Å². The number of benzene rings is 5. The maximum atomic E-state index is 13.0. The molecule has 0 aliphatic carbocycles. The molecule has 1 aromatic heterocycles. The summed E-state index contributed by atoms with van der Waals surface area (Å²) >= 11 is 0. The molecular weight excluding hydrogens is 630 g/mol. The third kappa shape index (κ3) is 4.54. The summed E-state index contributed by atoms with van der Waals surface area (Å²) in [5.74, 6) is -0.212. The van der Waals surface area contributed by atoms with Gasteiger partial charge < -0.3 is 14.8 Å². The third-order valence-electron chi connectivity index (χ3n) is 6.09. The van der Waals surface area contributed by atoms with E-state index in [0.717, 1.165) is 21.8 Å². The molecular formula is C31H22AuFN3-2. The van der Waals surface area contributed by atoms with Crippen LogP contribution >= 0.6 is 0 Å². The van der Waals surface area contributed by atoms with Gasteiger partial charge in [0.05, 0.1) is 0 Å². The molecule has 0 saturated heterocycles. The maximum Gasteiger partial charge on any atom is 0.123 e. The molecule has 0 amide bonds. The molecule has 6 aromatic rings. The number of para-hydroxylation sites is 5. The van der Waals surface area contributed by atoms with Gasteiger partial charge in [-0.1, -0.05) is 78.9 Å². The largest absolute Gasteiger partial charge is 0.657 e. The van der Waals surface area contributed by atoms with Crippen molar-refractivity contribution in [2.45, 2.75) is 0 Å². The molecule has 181 valence electrons. The Hall–Kier alpha value is -3.83. The minimum atomic E-state index is -0.212. The summed E-state index contributed by atoms with van der Waals surface area (Å²) in [6.45, 7) is 2.15. The number of fused-ring (bicyclic) bond motifs is 4. The number of anilines is 4. The second-order valence-electron chi connectivity index (χ2n) is 8.31. The molecule has 5 aromatic carbocycles. The summed E-state index contributed by atoms with van der Waals surface area (Å²) in [4.78, 5) is 8.84. The number of hydrogen-bond acceptors (Lipinski definition) is 2. The van der Waals surface area contributed by atoms with E-state index in [4.69, 9.17) is 0 Å². The van der Waals surface area contributed by atoms with Crippen molar-refractivity contribution in [3.8, 4) is 0 Å². The Kier molecular flexibility index (Phi) is 6.92. The Morgan fingerprint density at radius 2 is 1.03 bits per heavy atom. The van der Waals surface area contributed by atoms with Crippen molar-refractivity contribution in [3.05, 3.63) is 140 Å². The fourth-order valence-electron chi connectivity index (χ4n) is 4.45. The zero-order chi connectivity index (χ0) is 23.6. The summed E-state index contributed by atoms with van der Waals surface area (Å²) < 4.78 is 13.0. The molecule has 2 heterocycles. The molecule has 1 aliphatic rings. The molecule has 0 N–H and O–H groups in total. The van der Waals surface area contributed by atoms with Crippen LogP contribution in [0.2, 0.25) is 0 Å². The fraction of sp³-hybridized carbons (Fsp3) is 0. The van der Waals surface area contributed by atoms with E-state index < -0.39 is 0 Å². The van der Waals surface area contributed by atoms with Crippen LogP contribution in [0.5, 0.6) is 0 Å². The van der Waals surface area contributed by atoms with Crippen LogP contribution in [0.1, 0.15) is 0 Å². The van der Waals surface area contributed by atoms with Gasteiger partial charge in [0.15, 0.2) is 0 Å². The zero-order valence-electron chi connectivity index (χ0n) is 19.2. The predicted octanol–water partition coefficient (Wildman–Crippen LogP) is 8.18. The van der Waals surface area contributed by atoms with Crippen LogP contribution in [-0.2, 0) is 22.4 Å². The Morgan fingerprint density at radius 3 is 1.64 bits per heavy atom. The van der Waals surface area contributed by atoms with E-state index >= 15 is 0 Å². The number of nitrogens with zero attached hydrogens (tertiary/aromatic N) is 3. The van der Waals surface area contributed by atoms with Crippen molar-refractivity contribution in [2.75, 3.05) is 9.80 Å². The van der Waals surface area contributed by atoms with Crippen molar-refractivity contribution in [3.63, 3.8) is 0 Å². The van der Waals surface area contributed by atoms with Crippen molar-refractivity contribution in [1.82, 2.24) is 4.98 Å². The number of aromatic nitrogens is 1. The van der Waals surface area contributed by atoms with E-state index in [1.165, 1.54) is 34.9 Å². The van der Waals surface area contributed by atoms with Gasteiger partial charge in [-0.3, -0.25) is 0 Å². The van der Waals surface area contributed by atoms with E-state index in [0.29, 0.717) is 0 Å². The van der Waals surface area contributed by atoms with Gasteiger partial charge in [-0.2, -0.15) is 0 Å². The minimum Gasteiger partial charge on any atom is -0.657 e. The average molecular weight is 653 g/mol. The molecule has 0 spiro atoms. The Morgan fingerprint density at radius 1 is 0.528 bits per heavy atom. The van der Waals surface area contributed by atoms with Gasteiger partial charge in [0, 0.05) is 45.1 Å². The second kappa shape index (κ2) is 10.4. The number of rotatable bonds is 2. The van der Waals surface area contributed by atoms with Gasteiger partial charge >= 0.3 is 0 Å². The Bertz CT molecular complexity index is 1530. The van der Waals surface area contributed by atoms with Gasteiger partial charge in [-0.15, -0.1) is 17.7 Å². The summed E-state index contributed by atoms with van der Waals surface area (Å²) in [7, 11) is 0. The molecule has 36 heavy (non-hydrogen) atoms. The van der Waals surface area contributed by atoms with Crippen LogP contribution in [0.15, 0.2) is 127 Å². The Balaban J connectivity index is 0.000000155. The second-order valence-corrected chi connectivity index (χ2v) is 8.31. The normalized spacial score (nSPS) is 12.1. The number of halogens is 1. The molecule has 0 saturated carbocycles. The van der Waals surface area contributed by atoms with Crippen molar-refractivity contribution in [1.29, 1.82) is 0 Å². The SMILES string of the molecule is Fc1ccc2[n-]c3ccccc3c2c1.[Au].c1ccc(N2[CH-]N(c3ccccc3)c3ccccc32)cc1. The molecule has 1 radical (unpaired) electrons. The first-order chi connectivity index (χ1) is 17.3. The first kappa shape index (κ1) is 23.9. The molecule has 0 atom stereocenters. The summed E-state index contributed by atoms with van der Waals surface area (Å²) in [6.07, 6.45) is 0. The molecule has 0 bridgehead atoms. The molecule has 0 unspecified atom stereocenters. The van der Waals surface area contributed by atoms with Crippen LogP contribution in [-0.4, -0.2) is 0 Å². The molecule has 0 fully saturated rings. The van der Waals surface area contributed by atoms with E-state index in [2.05, 4.69) is 94.2 Å². The van der Waals surface area contributed by atoms with Gasteiger partial charge in [-0.05, 0) is 59.3 Å². The van der Waals surface area contributed by atoms with E-state index in [-0.39, 0.29) is 28.2 Å². The minimum absolute atomic E-state index is 0. The van der Waals surface area contributed by atoms with Crippen LogP contribution in [0.3, 0.4) is 0 Å². The zero-order valence-corrected chi connectivity index (χ0v) is 21.4. The van der Waals surface area contributed by atoms with Crippen LogP contribution < -0.4 is 14.8 Å². The first-order valence-electron chi connectivity index (χ1n) is 11.5. The van der Waals surface area contributed by atoms with Gasteiger partial charge in [0.1, 0.15) is 5.82 Å². The van der Waals surface area contributed by atoms with E-state index in [1.54, 1.807) is 6.07 Å². The third-order valence-corrected chi connectivity index (χ3v) is 6.09. The van der Waals surface area contributed by atoms with E-state index in [9.17, 15) is 4.39 Å².